The number of anilines is 1. The van der Waals surface area contributed by atoms with Crippen LogP contribution in [-0.4, -0.2) is 59.6 Å². The van der Waals surface area contributed by atoms with Crippen LogP contribution >= 0.6 is 0 Å². The summed E-state index contributed by atoms with van der Waals surface area (Å²) in [5.74, 6) is 0.479. The third kappa shape index (κ3) is 3.21. The lowest BCUT2D eigenvalue weighted by atomic mass is 10.1. The monoisotopic (exact) mass is 326 g/mol. The Morgan fingerprint density at radius 2 is 2.38 bits per heavy atom. The fourth-order valence-corrected chi connectivity index (χ4v) is 2.53. The van der Waals surface area contributed by atoms with Crippen LogP contribution in [0.1, 0.15) is 27.8 Å². The van der Waals surface area contributed by atoms with Crippen LogP contribution < -0.4 is 4.90 Å². The van der Waals surface area contributed by atoms with Gasteiger partial charge in [0.15, 0.2) is 0 Å². The Morgan fingerprint density at radius 3 is 3.08 bits per heavy atom. The topological polar surface area (TPSA) is 98.1 Å². The van der Waals surface area contributed by atoms with Crippen LogP contribution in [-0.2, 0) is 4.74 Å². The van der Waals surface area contributed by atoms with Crippen LogP contribution in [0.4, 0.5) is 5.95 Å². The van der Waals surface area contributed by atoms with Gasteiger partial charge in [0.1, 0.15) is 17.9 Å². The fraction of sp³-hybridized carbons (Fsp3) is 0.375. The number of aromatic amines is 1. The highest BCUT2D eigenvalue weighted by Crippen LogP contribution is 2.23. The number of nitrogens with one attached hydrogen (secondary N) is 1. The largest absolute Gasteiger partial charge is 0.368 e. The Balaban J connectivity index is 1.75. The van der Waals surface area contributed by atoms with Crippen LogP contribution in [0.5, 0.6) is 0 Å². The minimum atomic E-state index is -0.293. The molecular weight excluding hydrogens is 308 g/mol. The van der Waals surface area contributed by atoms with Crippen LogP contribution in [0.2, 0.25) is 0 Å². The highest BCUT2D eigenvalue weighted by molar-refractivity contribution is 5.94. The number of nitrogens with zero attached hydrogens (tertiary/aromatic N) is 5. The number of rotatable bonds is 3. The molecule has 3 heterocycles. The second-order valence-corrected chi connectivity index (χ2v) is 5.70. The predicted molar refractivity (Wildman–Crippen MR) is 86.5 cm³/mol. The fourth-order valence-electron chi connectivity index (χ4n) is 2.53. The molecule has 1 fully saturated rings. The lowest BCUT2D eigenvalue weighted by molar-refractivity contribution is -0.0247. The highest BCUT2D eigenvalue weighted by atomic mass is 16.5. The van der Waals surface area contributed by atoms with Gasteiger partial charge < -0.3 is 19.5 Å². The smallest absolute Gasteiger partial charge is 0.255 e. The standard InChI is InChI=1S/C16H18N6O2/c1-21(2)16-18-4-3-13(20-16)14-10-22(5-6-24-14)15(23)11-7-12(8-17)19-9-11/h3-4,7,9,14,19H,5-6,10H2,1-2H3/t14-/m1/s1. The van der Waals surface area contributed by atoms with Crippen molar-refractivity contribution in [2.75, 3.05) is 38.7 Å². The summed E-state index contributed by atoms with van der Waals surface area (Å²) in [6.45, 7) is 1.36. The number of carbonyl (C=O) groups excluding carboxylic acids is 1. The van der Waals surface area contributed by atoms with Crippen molar-refractivity contribution in [3.63, 3.8) is 0 Å². The number of hydrogen-bond donors (Lipinski definition) is 1. The molecule has 8 nitrogen and oxygen atoms in total. The number of amides is 1. The molecule has 0 saturated carbocycles. The minimum Gasteiger partial charge on any atom is -0.368 e. The van der Waals surface area contributed by atoms with Gasteiger partial charge in [-0.2, -0.15) is 5.26 Å². The van der Waals surface area contributed by atoms with E-state index in [1.165, 1.54) is 0 Å². The van der Waals surface area contributed by atoms with Gasteiger partial charge in [-0.1, -0.05) is 0 Å². The van der Waals surface area contributed by atoms with E-state index in [4.69, 9.17) is 10.00 Å². The molecule has 0 unspecified atom stereocenters. The molecule has 0 aliphatic carbocycles. The maximum Gasteiger partial charge on any atom is 0.255 e. The molecule has 0 bridgehead atoms. The zero-order valence-corrected chi connectivity index (χ0v) is 13.6. The second kappa shape index (κ2) is 6.68. The average Bonchev–Trinajstić information content (AvgIpc) is 3.10. The molecule has 2 aromatic heterocycles. The average molecular weight is 326 g/mol. The number of ether oxygens (including phenoxy) is 1. The first-order valence-electron chi connectivity index (χ1n) is 7.58. The number of aromatic nitrogens is 3. The Hall–Kier alpha value is -2.92. The summed E-state index contributed by atoms with van der Waals surface area (Å²) in [5, 5.41) is 8.86. The third-order valence-corrected chi connectivity index (χ3v) is 3.80. The summed E-state index contributed by atoms with van der Waals surface area (Å²) in [4.78, 5) is 27.6. The molecule has 1 saturated heterocycles. The molecule has 1 aliphatic heterocycles. The second-order valence-electron chi connectivity index (χ2n) is 5.70. The van der Waals surface area contributed by atoms with Gasteiger partial charge in [0.25, 0.3) is 5.91 Å². The number of H-pyrrole nitrogens is 1. The van der Waals surface area contributed by atoms with Gasteiger partial charge in [-0.05, 0) is 12.1 Å². The van der Waals surface area contributed by atoms with Crippen molar-refractivity contribution in [2.24, 2.45) is 0 Å². The number of hydrogen-bond acceptors (Lipinski definition) is 6. The van der Waals surface area contributed by atoms with Gasteiger partial charge in [-0.25, -0.2) is 9.97 Å². The zero-order valence-electron chi connectivity index (χ0n) is 13.6. The van der Waals surface area contributed by atoms with E-state index in [1.54, 1.807) is 29.4 Å². The summed E-state index contributed by atoms with van der Waals surface area (Å²) >= 11 is 0. The third-order valence-electron chi connectivity index (χ3n) is 3.80. The predicted octanol–water partition coefficient (Wildman–Crippen LogP) is 0.956. The minimum absolute atomic E-state index is 0.122. The molecule has 24 heavy (non-hydrogen) atoms. The van der Waals surface area contributed by atoms with Gasteiger partial charge in [-0.15, -0.1) is 0 Å². The molecule has 1 amide bonds. The Bertz CT molecular complexity index is 779. The quantitative estimate of drug-likeness (QED) is 0.902. The van der Waals surface area contributed by atoms with Gasteiger partial charge in [0, 0.05) is 33.0 Å². The lowest BCUT2D eigenvalue weighted by Gasteiger charge is -2.32. The molecule has 0 spiro atoms. The van der Waals surface area contributed by atoms with Crippen LogP contribution in [0.3, 0.4) is 0 Å². The Kier molecular flexibility index (Phi) is 4.44. The molecule has 1 atom stereocenters. The molecule has 3 rings (SSSR count). The van der Waals surface area contributed by atoms with E-state index in [1.807, 2.05) is 25.1 Å². The Labute approximate surface area is 139 Å². The number of nitriles is 1. The SMILES string of the molecule is CN(C)c1nccc([C@H]2CN(C(=O)c3c[nH]c(C#N)c3)CCO2)n1. The lowest BCUT2D eigenvalue weighted by Crippen LogP contribution is -2.42. The van der Waals surface area contributed by atoms with Crippen LogP contribution in [0, 0.1) is 11.3 Å². The molecule has 0 aromatic carbocycles. The molecule has 1 aliphatic rings. The van der Waals surface area contributed by atoms with Crippen molar-refractivity contribution >= 4 is 11.9 Å². The van der Waals surface area contributed by atoms with Gasteiger partial charge in [0.05, 0.1) is 24.4 Å². The van der Waals surface area contributed by atoms with E-state index >= 15 is 0 Å². The van der Waals surface area contributed by atoms with E-state index in [9.17, 15) is 4.79 Å². The van der Waals surface area contributed by atoms with Gasteiger partial charge in [0.2, 0.25) is 5.95 Å². The summed E-state index contributed by atoms with van der Waals surface area (Å²) in [6.07, 6.45) is 2.95. The van der Waals surface area contributed by atoms with Crippen molar-refractivity contribution in [2.45, 2.75) is 6.10 Å². The van der Waals surface area contributed by atoms with E-state index in [-0.39, 0.29) is 12.0 Å². The summed E-state index contributed by atoms with van der Waals surface area (Å²) in [6, 6.07) is 5.34. The van der Waals surface area contributed by atoms with Crippen molar-refractivity contribution in [1.82, 2.24) is 19.9 Å². The van der Waals surface area contributed by atoms with Gasteiger partial charge in [-0.3, -0.25) is 4.79 Å². The van der Waals surface area contributed by atoms with Crippen LogP contribution in [0.15, 0.2) is 24.5 Å². The molecule has 0 radical (unpaired) electrons. The van der Waals surface area contributed by atoms with E-state index in [0.29, 0.717) is 36.9 Å². The van der Waals surface area contributed by atoms with Crippen molar-refractivity contribution in [1.29, 1.82) is 5.26 Å². The first-order valence-corrected chi connectivity index (χ1v) is 7.58. The van der Waals surface area contributed by atoms with E-state index < -0.39 is 0 Å². The van der Waals surface area contributed by atoms with Crippen molar-refractivity contribution < 1.29 is 9.53 Å². The number of carbonyl (C=O) groups is 1. The maximum atomic E-state index is 12.6. The summed E-state index contributed by atoms with van der Waals surface area (Å²) < 4.78 is 5.78. The maximum absolute atomic E-state index is 12.6. The first kappa shape index (κ1) is 16.0. The molecular formula is C16H18N6O2. The molecule has 124 valence electrons. The first-order chi connectivity index (χ1) is 11.6. The normalized spacial score (nSPS) is 17.4. The van der Waals surface area contributed by atoms with Crippen molar-refractivity contribution in [3.05, 3.63) is 41.5 Å². The summed E-state index contributed by atoms with van der Waals surface area (Å²) in [7, 11) is 3.74. The highest BCUT2D eigenvalue weighted by Gasteiger charge is 2.27. The zero-order chi connectivity index (χ0) is 17.1. The molecule has 2 aromatic rings. The molecule has 1 N–H and O–H groups in total. The molecule has 8 heteroatoms. The number of morpholine rings is 1. The summed E-state index contributed by atoms with van der Waals surface area (Å²) in [5.41, 5.74) is 1.59. The Morgan fingerprint density at radius 1 is 1.54 bits per heavy atom. The van der Waals surface area contributed by atoms with Crippen molar-refractivity contribution in [3.8, 4) is 6.07 Å². The van der Waals surface area contributed by atoms with E-state index in [2.05, 4.69) is 15.0 Å². The van der Waals surface area contributed by atoms with Crippen LogP contribution in [0.25, 0.3) is 0 Å². The van der Waals surface area contributed by atoms with Gasteiger partial charge >= 0.3 is 0 Å². The van der Waals surface area contributed by atoms with E-state index in [0.717, 1.165) is 5.69 Å².